The summed E-state index contributed by atoms with van der Waals surface area (Å²) in [5.41, 5.74) is 34.6. The van der Waals surface area contributed by atoms with E-state index in [1.165, 1.54) is 190 Å². The first kappa shape index (κ1) is 48.1. The Bertz CT molecular complexity index is 4590. The molecule has 3 aromatic heterocycles. The second kappa shape index (κ2) is 18.0. The van der Waals surface area contributed by atoms with Crippen molar-refractivity contribution in [3.8, 4) is 17.1 Å². The molecule has 1 atom stereocenters. The number of hydrogen-bond donors (Lipinski definition) is 0. The number of benzene rings is 8. The fraction of sp³-hybridized carbons (Fsp3) is 0.263. The summed E-state index contributed by atoms with van der Waals surface area (Å²) < 4.78 is 11.2. The molecule has 400 valence electrons. The van der Waals surface area contributed by atoms with Gasteiger partial charge in [0.15, 0.2) is 0 Å². The summed E-state index contributed by atoms with van der Waals surface area (Å²) in [6, 6.07) is 65.9. The van der Waals surface area contributed by atoms with Crippen LogP contribution in [0, 0.1) is 0 Å². The zero-order valence-corrected chi connectivity index (χ0v) is 49.3. The quantitative estimate of drug-likeness (QED) is 0.157. The molecule has 4 nitrogen and oxygen atoms in total. The Morgan fingerprint density at radius 2 is 1.04 bits per heavy atom. The minimum atomic E-state index is 0.0149. The number of rotatable bonds is 5. The predicted molar refractivity (Wildman–Crippen MR) is 345 cm³/mol. The maximum atomic E-state index is 2.80. The number of anilines is 3. The van der Waals surface area contributed by atoms with Crippen LogP contribution in [-0.4, -0.2) is 35.4 Å². The van der Waals surface area contributed by atoms with Gasteiger partial charge in [-0.05, 0) is 0 Å². The SMILES string of the molecule is CC(C)(C)c1ccc(N2c3cc(C4C5=C(CCCCC5)c5ccccc54)cc4c3B(c3ccc(-n5c6c(c7ccccc75)CCCC6)cc3[Se]4)c3cc(-n4c5c(c6ccccc64)CCC5)cc(-n4c5c(c6ccccc64)CCC5)c32)cc1. The predicted octanol–water partition coefficient (Wildman–Crippen LogP) is 14.8. The van der Waals surface area contributed by atoms with Crippen molar-refractivity contribution in [3.63, 3.8) is 0 Å². The Balaban J connectivity index is 0.974. The van der Waals surface area contributed by atoms with E-state index in [1.807, 2.05) is 0 Å². The van der Waals surface area contributed by atoms with E-state index in [1.54, 1.807) is 26.7 Å². The fourth-order valence-corrected chi connectivity index (χ4v) is 19.8. The number of para-hydroxylation sites is 3. The Kier molecular flexibility index (Phi) is 10.6. The fourth-order valence-electron chi connectivity index (χ4n) is 17.2. The van der Waals surface area contributed by atoms with Gasteiger partial charge in [0.25, 0.3) is 0 Å². The van der Waals surface area contributed by atoms with Crippen LogP contribution in [0.1, 0.15) is 141 Å². The molecule has 5 heterocycles. The third kappa shape index (κ3) is 6.86. The van der Waals surface area contributed by atoms with Crippen molar-refractivity contribution in [2.75, 3.05) is 4.90 Å². The van der Waals surface area contributed by atoms with Crippen LogP contribution in [0.3, 0.4) is 0 Å². The molecule has 8 aromatic carbocycles. The molecule has 0 radical (unpaired) electrons. The van der Waals surface area contributed by atoms with Crippen molar-refractivity contribution in [2.45, 2.75) is 128 Å². The first-order chi connectivity index (χ1) is 40.3. The normalized spacial score (nSPS) is 17.7. The zero-order valence-electron chi connectivity index (χ0n) is 47.5. The van der Waals surface area contributed by atoms with Crippen LogP contribution in [0.2, 0.25) is 0 Å². The molecule has 0 amide bonds. The number of nitrogens with zero attached hydrogens (tertiary/aromatic N) is 4. The van der Waals surface area contributed by atoms with Gasteiger partial charge in [-0.2, -0.15) is 0 Å². The second-order valence-electron chi connectivity index (χ2n) is 26.1. The Hall–Kier alpha value is -7.50. The van der Waals surface area contributed by atoms with Gasteiger partial charge in [-0.25, -0.2) is 0 Å². The average Bonchev–Trinajstić information content (AvgIpc) is 2.01. The molecule has 0 spiro atoms. The van der Waals surface area contributed by atoms with E-state index in [2.05, 4.69) is 203 Å². The summed E-state index contributed by atoms with van der Waals surface area (Å²) in [4.78, 5) is 2.80. The van der Waals surface area contributed by atoms with E-state index in [4.69, 9.17) is 0 Å². The van der Waals surface area contributed by atoms with Gasteiger partial charge in [-0.1, -0.05) is 0 Å². The van der Waals surface area contributed by atoms with Gasteiger partial charge < -0.3 is 0 Å². The van der Waals surface area contributed by atoms with Crippen LogP contribution < -0.4 is 30.2 Å². The minimum absolute atomic E-state index is 0.0149. The number of aryl methyl sites for hydroxylation is 3. The summed E-state index contributed by atoms with van der Waals surface area (Å²) in [5, 5.41) is 4.27. The monoisotopic (exact) mass is 1130 g/mol. The third-order valence-electron chi connectivity index (χ3n) is 20.7. The molecule has 2 aliphatic heterocycles. The van der Waals surface area contributed by atoms with Crippen LogP contribution >= 0.6 is 0 Å². The van der Waals surface area contributed by atoms with Crippen molar-refractivity contribution in [2.24, 2.45) is 0 Å². The summed E-state index contributed by atoms with van der Waals surface area (Å²) in [6.45, 7) is 7.09. The summed E-state index contributed by atoms with van der Waals surface area (Å²) in [5.74, 6) is 0.236. The average molecular weight is 1130 g/mol. The van der Waals surface area contributed by atoms with E-state index < -0.39 is 0 Å². The van der Waals surface area contributed by atoms with Gasteiger partial charge in [0.1, 0.15) is 0 Å². The van der Waals surface area contributed by atoms with Crippen molar-refractivity contribution in [1.82, 2.24) is 13.7 Å². The molecule has 0 N–H and O–H groups in total. The first-order valence-electron chi connectivity index (χ1n) is 31.1. The number of aromatic nitrogens is 3. The molecule has 82 heavy (non-hydrogen) atoms. The number of fused-ring (bicyclic) bond motifs is 15. The van der Waals surface area contributed by atoms with E-state index in [0.29, 0.717) is 0 Å². The van der Waals surface area contributed by atoms with Crippen LogP contribution in [0.5, 0.6) is 0 Å². The zero-order chi connectivity index (χ0) is 54.1. The van der Waals surface area contributed by atoms with Gasteiger partial charge in [-0.3, -0.25) is 0 Å². The van der Waals surface area contributed by atoms with Gasteiger partial charge in [0.05, 0.1) is 0 Å². The van der Waals surface area contributed by atoms with Crippen LogP contribution in [0.4, 0.5) is 17.1 Å². The number of hydrogen-bond acceptors (Lipinski definition) is 1. The van der Waals surface area contributed by atoms with E-state index in [0.717, 1.165) is 38.5 Å². The van der Waals surface area contributed by atoms with Gasteiger partial charge in [0, 0.05) is 0 Å². The third-order valence-corrected chi connectivity index (χ3v) is 23.0. The van der Waals surface area contributed by atoms with Crippen molar-refractivity contribution in [1.29, 1.82) is 0 Å². The number of allylic oxidation sites excluding steroid dienone is 2. The Labute approximate surface area is 488 Å². The second-order valence-corrected chi connectivity index (χ2v) is 28.4. The van der Waals surface area contributed by atoms with Crippen LogP contribution in [0.15, 0.2) is 169 Å². The van der Waals surface area contributed by atoms with Crippen molar-refractivity contribution in [3.05, 3.63) is 225 Å². The van der Waals surface area contributed by atoms with Crippen molar-refractivity contribution < 1.29 is 0 Å². The molecular formula is C76H67BN4Se. The Morgan fingerprint density at radius 1 is 0.451 bits per heavy atom. The van der Waals surface area contributed by atoms with Crippen LogP contribution in [0.25, 0.3) is 55.3 Å². The molecular weight excluding hydrogens is 1060 g/mol. The molecule has 0 saturated heterocycles. The molecule has 1 unspecified atom stereocenters. The molecule has 18 rings (SSSR count). The molecule has 0 saturated carbocycles. The molecule has 6 heteroatoms. The molecule has 5 aliphatic carbocycles. The first-order valence-corrected chi connectivity index (χ1v) is 32.8. The van der Waals surface area contributed by atoms with E-state index in [9.17, 15) is 0 Å². The van der Waals surface area contributed by atoms with Gasteiger partial charge >= 0.3 is 492 Å². The molecule has 11 aromatic rings. The summed E-state index contributed by atoms with van der Waals surface area (Å²) >= 11 is 0.0261. The van der Waals surface area contributed by atoms with E-state index in [-0.39, 0.29) is 33.0 Å². The van der Waals surface area contributed by atoms with Gasteiger partial charge in [0.2, 0.25) is 0 Å². The van der Waals surface area contributed by atoms with Gasteiger partial charge in [-0.15, -0.1) is 0 Å². The molecule has 0 fully saturated rings. The Morgan fingerprint density at radius 3 is 1.76 bits per heavy atom. The molecule has 0 bridgehead atoms. The summed E-state index contributed by atoms with van der Waals surface area (Å²) in [7, 11) is 0. The maximum absolute atomic E-state index is 2.80. The van der Waals surface area contributed by atoms with E-state index >= 15 is 0 Å². The standard InChI is InChI=1S/C76H67BN4Se/c1-76(2,3)47-35-37-48(38-36-47)80-69-41-46(73-59-25-6-4-5-19-51(59)52-20-7-8-26-60(52)73)42-72-74(69)77(61-40-39-49(45-71(61)82-72)78-63-29-13-9-21-53(63)54-22-10-14-30-64(54)78)62-43-50(79-65-31-15-11-23-55(65)57-27-17-33-66(57)79)44-70(75(62)80)81-67-32-16-12-24-56(67)58-28-18-34-68(58)81/h7-9,11-13,15-16,20-21,23-24,26,29,31-32,35-45,73H,4-6,10,14,17-19,22,25,27-28,30,33-34H2,1-3H3. The van der Waals surface area contributed by atoms with Crippen molar-refractivity contribution >= 4 is 102 Å². The molecule has 7 aliphatic rings. The topological polar surface area (TPSA) is 18.0 Å². The van der Waals surface area contributed by atoms with Crippen LogP contribution in [-0.2, 0) is 43.9 Å². The summed E-state index contributed by atoms with van der Waals surface area (Å²) in [6.07, 6.45) is 17.8.